The van der Waals surface area contributed by atoms with Crippen molar-refractivity contribution in [3.8, 4) is 0 Å². The fourth-order valence-electron chi connectivity index (χ4n) is 3.01. The molecule has 0 aliphatic carbocycles. The van der Waals surface area contributed by atoms with Gasteiger partial charge in [0.1, 0.15) is 5.69 Å². The Kier molecular flexibility index (Phi) is 4.76. The van der Waals surface area contributed by atoms with Crippen LogP contribution in [0.15, 0.2) is 42.9 Å². The summed E-state index contributed by atoms with van der Waals surface area (Å²) in [5.41, 5.74) is 1.27. The van der Waals surface area contributed by atoms with E-state index in [-0.39, 0.29) is 23.8 Å². The van der Waals surface area contributed by atoms with Crippen LogP contribution in [0.2, 0.25) is 5.02 Å². The zero-order valence-corrected chi connectivity index (χ0v) is 13.9. The Bertz CT molecular complexity index is 736. The highest BCUT2D eigenvalue weighted by atomic mass is 35.5. The molecule has 2 amide bonds. The maximum absolute atomic E-state index is 12.2. The summed E-state index contributed by atoms with van der Waals surface area (Å²) in [7, 11) is 1.78. The third-order valence-electron chi connectivity index (χ3n) is 4.20. The summed E-state index contributed by atoms with van der Waals surface area (Å²) in [4.78, 5) is 34.1. The van der Waals surface area contributed by atoms with Crippen molar-refractivity contribution in [2.24, 2.45) is 5.92 Å². The minimum absolute atomic E-state index is 0.0112. The van der Waals surface area contributed by atoms with E-state index in [1.165, 1.54) is 6.20 Å². The molecular formula is C17H17ClN4O2. The third-order valence-corrected chi connectivity index (χ3v) is 4.43. The third kappa shape index (κ3) is 3.38. The molecule has 1 aliphatic heterocycles. The Balaban J connectivity index is 1.70. The molecule has 6 nitrogen and oxygen atoms in total. The van der Waals surface area contributed by atoms with E-state index in [1.807, 2.05) is 12.1 Å². The lowest BCUT2D eigenvalue weighted by atomic mass is 9.94. The lowest BCUT2D eigenvalue weighted by Crippen LogP contribution is -2.33. The normalized spacial score (nSPS) is 20.2. The molecule has 1 N–H and O–H groups in total. The SMILES string of the molecule is CN1C(=O)C[C@@H](CNC(=O)c2ccc(Cl)cn2)[C@@H]1c1cccnc1. The van der Waals surface area contributed by atoms with Crippen LogP contribution < -0.4 is 5.32 Å². The van der Waals surface area contributed by atoms with Crippen LogP contribution in [0.5, 0.6) is 0 Å². The zero-order chi connectivity index (χ0) is 17.1. The first kappa shape index (κ1) is 16.4. The summed E-state index contributed by atoms with van der Waals surface area (Å²) in [5.74, 6) is -0.228. The highest BCUT2D eigenvalue weighted by Crippen LogP contribution is 2.36. The van der Waals surface area contributed by atoms with Crippen LogP contribution in [-0.4, -0.2) is 40.3 Å². The predicted octanol–water partition coefficient (Wildman–Crippen LogP) is 2.08. The minimum atomic E-state index is -0.279. The van der Waals surface area contributed by atoms with Crippen molar-refractivity contribution in [3.05, 3.63) is 59.1 Å². The predicted molar refractivity (Wildman–Crippen MR) is 89.4 cm³/mol. The smallest absolute Gasteiger partial charge is 0.269 e. The minimum Gasteiger partial charge on any atom is -0.350 e. The molecular weight excluding hydrogens is 328 g/mol. The first-order valence-corrected chi connectivity index (χ1v) is 7.99. The number of hydrogen-bond acceptors (Lipinski definition) is 4. The molecule has 24 heavy (non-hydrogen) atoms. The van der Waals surface area contributed by atoms with Crippen LogP contribution in [0.1, 0.15) is 28.5 Å². The van der Waals surface area contributed by atoms with Gasteiger partial charge in [-0.3, -0.25) is 14.6 Å². The molecule has 124 valence electrons. The number of carbonyl (C=O) groups excluding carboxylic acids is 2. The van der Waals surface area contributed by atoms with Gasteiger partial charge in [-0.25, -0.2) is 4.98 Å². The zero-order valence-electron chi connectivity index (χ0n) is 13.1. The van der Waals surface area contributed by atoms with E-state index < -0.39 is 0 Å². The van der Waals surface area contributed by atoms with Crippen LogP contribution in [0, 0.1) is 5.92 Å². The second-order valence-corrected chi connectivity index (χ2v) is 6.21. The molecule has 1 saturated heterocycles. The molecule has 7 heteroatoms. The number of rotatable bonds is 4. The van der Waals surface area contributed by atoms with Crippen molar-refractivity contribution in [1.29, 1.82) is 0 Å². The maximum Gasteiger partial charge on any atom is 0.269 e. The molecule has 0 saturated carbocycles. The van der Waals surface area contributed by atoms with Gasteiger partial charge >= 0.3 is 0 Å². The molecule has 1 aliphatic rings. The van der Waals surface area contributed by atoms with Crippen molar-refractivity contribution in [3.63, 3.8) is 0 Å². The van der Waals surface area contributed by atoms with E-state index >= 15 is 0 Å². The van der Waals surface area contributed by atoms with Gasteiger partial charge in [0.2, 0.25) is 5.91 Å². The highest BCUT2D eigenvalue weighted by molar-refractivity contribution is 6.30. The summed E-state index contributed by atoms with van der Waals surface area (Å²) in [6.45, 7) is 0.388. The summed E-state index contributed by atoms with van der Waals surface area (Å²) in [6.07, 6.45) is 5.28. The average Bonchev–Trinajstić information content (AvgIpc) is 2.88. The lowest BCUT2D eigenvalue weighted by Gasteiger charge is -2.25. The van der Waals surface area contributed by atoms with E-state index in [1.54, 1.807) is 36.5 Å². The summed E-state index contributed by atoms with van der Waals surface area (Å²) >= 11 is 5.77. The summed E-state index contributed by atoms with van der Waals surface area (Å²) < 4.78 is 0. The average molecular weight is 345 g/mol. The van der Waals surface area contributed by atoms with Crippen molar-refractivity contribution in [1.82, 2.24) is 20.2 Å². The van der Waals surface area contributed by atoms with Crippen LogP contribution in [0.3, 0.4) is 0 Å². The van der Waals surface area contributed by atoms with E-state index in [0.29, 0.717) is 23.7 Å². The number of nitrogens with zero attached hydrogens (tertiary/aromatic N) is 3. The van der Waals surface area contributed by atoms with Gasteiger partial charge in [0.15, 0.2) is 0 Å². The summed E-state index contributed by atoms with van der Waals surface area (Å²) in [5, 5.41) is 3.34. The Morgan fingerprint density at radius 3 is 2.88 bits per heavy atom. The van der Waals surface area contributed by atoms with Crippen LogP contribution in [0.25, 0.3) is 0 Å². The number of carbonyl (C=O) groups is 2. The molecule has 2 atom stereocenters. The number of amides is 2. The van der Waals surface area contributed by atoms with Crippen molar-refractivity contribution < 1.29 is 9.59 Å². The van der Waals surface area contributed by atoms with Gasteiger partial charge in [-0.1, -0.05) is 17.7 Å². The molecule has 3 rings (SSSR count). The van der Waals surface area contributed by atoms with Gasteiger partial charge in [0.05, 0.1) is 11.1 Å². The second-order valence-electron chi connectivity index (χ2n) is 5.77. The number of halogens is 1. The van der Waals surface area contributed by atoms with Gasteiger partial charge in [0, 0.05) is 44.5 Å². The standard InChI is InChI=1S/C17H17ClN4O2/c1-22-15(23)7-12(16(22)11-3-2-6-19-8-11)9-21-17(24)14-5-4-13(18)10-20-14/h2-6,8,10,12,16H,7,9H2,1H3,(H,21,24)/t12-,16-/m0/s1. The van der Waals surface area contributed by atoms with Crippen molar-refractivity contribution >= 4 is 23.4 Å². The van der Waals surface area contributed by atoms with Gasteiger partial charge in [0.25, 0.3) is 5.91 Å². The Morgan fingerprint density at radius 2 is 2.21 bits per heavy atom. The first-order chi connectivity index (χ1) is 11.6. The van der Waals surface area contributed by atoms with E-state index in [4.69, 9.17) is 11.6 Å². The molecule has 0 unspecified atom stereocenters. The number of aromatic nitrogens is 2. The monoisotopic (exact) mass is 344 g/mol. The quantitative estimate of drug-likeness (QED) is 0.921. The van der Waals surface area contributed by atoms with Gasteiger partial charge < -0.3 is 10.2 Å². The molecule has 2 aromatic heterocycles. The van der Waals surface area contributed by atoms with Gasteiger partial charge in [-0.05, 0) is 23.8 Å². The van der Waals surface area contributed by atoms with Crippen molar-refractivity contribution in [2.75, 3.05) is 13.6 Å². The fourth-order valence-corrected chi connectivity index (χ4v) is 3.12. The second kappa shape index (κ2) is 6.97. The summed E-state index contributed by atoms with van der Waals surface area (Å²) in [6, 6.07) is 6.89. The molecule has 1 fully saturated rings. The van der Waals surface area contributed by atoms with Crippen LogP contribution >= 0.6 is 11.6 Å². The molecule has 0 radical (unpaired) electrons. The fraction of sp³-hybridized carbons (Fsp3) is 0.294. The van der Waals surface area contributed by atoms with Gasteiger partial charge in [-0.2, -0.15) is 0 Å². The molecule has 2 aromatic rings. The van der Waals surface area contributed by atoms with Crippen LogP contribution in [-0.2, 0) is 4.79 Å². The first-order valence-electron chi connectivity index (χ1n) is 7.61. The molecule has 3 heterocycles. The van der Waals surface area contributed by atoms with E-state index in [9.17, 15) is 9.59 Å². The highest BCUT2D eigenvalue weighted by Gasteiger charge is 2.38. The van der Waals surface area contributed by atoms with Gasteiger partial charge in [-0.15, -0.1) is 0 Å². The van der Waals surface area contributed by atoms with E-state index in [2.05, 4.69) is 15.3 Å². The van der Waals surface area contributed by atoms with Crippen LogP contribution in [0.4, 0.5) is 0 Å². The Hall–Kier alpha value is -2.47. The Labute approximate surface area is 144 Å². The number of nitrogens with one attached hydrogen (secondary N) is 1. The number of pyridine rings is 2. The topological polar surface area (TPSA) is 75.2 Å². The van der Waals surface area contributed by atoms with Crippen molar-refractivity contribution in [2.45, 2.75) is 12.5 Å². The molecule has 0 bridgehead atoms. The molecule has 0 spiro atoms. The number of likely N-dealkylation sites (tertiary alicyclic amines) is 1. The molecule has 0 aromatic carbocycles. The van der Waals surface area contributed by atoms with E-state index in [0.717, 1.165) is 5.56 Å². The largest absolute Gasteiger partial charge is 0.350 e. The maximum atomic E-state index is 12.2. The Morgan fingerprint density at radius 1 is 1.38 bits per heavy atom. The lowest BCUT2D eigenvalue weighted by molar-refractivity contribution is -0.127. The number of hydrogen-bond donors (Lipinski definition) is 1.